The zero-order valence-electron chi connectivity index (χ0n) is 17.9. The molecular weight excluding hydrogens is 432 g/mol. The molecule has 0 saturated heterocycles. The predicted octanol–water partition coefficient (Wildman–Crippen LogP) is 2.68. The van der Waals surface area contributed by atoms with Gasteiger partial charge in [0.15, 0.2) is 5.82 Å². The quantitative estimate of drug-likeness (QED) is 0.385. The number of nitrogen functional groups attached to an aromatic ring is 1. The third-order valence-corrected chi connectivity index (χ3v) is 5.66. The number of anilines is 2. The van der Waals surface area contributed by atoms with E-state index in [1.807, 2.05) is 19.9 Å². The first kappa shape index (κ1) is 21.8. The van der Waals surface area contributed by atoms with Crippen LogP contribution >= 0.6 is 11.6 Å². The number of nitrogens with two attached hydrogens (primary N) is 1. The van der Waals surface area contributed by atoms with Crippen LogP contribution in [0.1, 0.15) is 33.6 Å². The summed E-state index contributed by atoms with van der Waals surface area (Å²) in [6, 6.07) is 1.86. The van der Waals surface area contributed by atoms with Crippen LogP contribution in [0.4, 0.5) is 11.8 Å². The molecular formula is C22H23ClN6O3. The molecule has 166 valence electrons. The number of hydrogen-bond acceptors (Lipinski definition) is 7. The average Bonchev–Trinajstić information content (AvgIpc) is 3.28. The van der Waals surface area contributed by atoms with Gasteiger partial charge >= 0.3 is 0 Å². The minimum Gasteiger partial charge on any atom is -0.496 e. The summed E-state index contributed by atoms with van der Waals surface area (Å²) in [4.78, 5) is 30.9. The van der Waals surface area contributed by atoms with Gasteiger partial charge in [-0.15, -0.1) is 0 Å². The van der Waals surface area contributed by atoms with Crippen molar-refractivity contribution in [3.63, 3.8) is 0 Å². The number of nitrogens with zero attached hydrogens (tertiary/aromatic N) is 4. The number of hydrogen-bond donors (Lipinski definition) is 3. The van der Waals surface area contributed by atoms with Crippen molar-refractivity contribution < 1.29 is 14.6 Å². The van der Waals surface area contributed by atoms with E-state index in [1.54, 1.807) is 25.6 Å². The van der Waals surface area contributed by atoms with Gasteiger partial charge in [0.25, 0.3) is 5.91 Å². The summed E-state index contributed by atoms with van der Waals surface area (Å²) in [5, 5.41) is 9.25. The third-order valence-electron chi connectivity index (χ3n) is 5.39. The Hall–Kier alpha value is -3.43. The maximum absolute atomic E-state index is 13.5. The number of ether oxygens (including phenoxy) is 1. The van der Waals surface area contributed by atoms with Gasteiger partial charge in [-0.25, -0.2) is 4.98 Å². The number of H-pyrrole nitrogens is 1. The molecule has 4 N–H and O–H groups in total. The molecule has 9 nitrogen and oxygen atoms in total. The number of aryl methyl sites for hydroxylation is 1. The molecule has 3 aromatic heterocycles. The number of pyridine rings is 1. The summed E-state index contributed by atoms with van der Waals surface area (Å²) in [6.45, 7) is 4.01. The van der Waals surface area contributed by atoms with Crippen LogP contribution in [0.25, 0.3) is 11.6 Å². The van der Waals surface area contributed by atoms with Gasteiger partial charge in [0.2, 0.25) is 5.95 Å². The van der Waals surface area contributed by atoms with Crippen LogP contribution in [-0.4, -0.2) is 44.7 Å². The molecule has 0 bridgehead atoms. The summed E-state index contributed by atoms with van der Waals surface area (Å²) in [5.41, 5.74) is 10.6. The van der Waals surface area contributed by atoms with Crippen molar-refractivity contribution >= 4 is 40.9 Å². The molecule has 3 aromatic rings. The van der Waals surface area contributed by atoms with Crippen molar-refractivity contribution in [1.82, 2.24) is 19.9 Å². The molecule has 0 fully saturated rings. The number of nitrogens with one attached hydrogen (secondary N) is 1. The van der Waals surface area contributed by atoms with E-state index in [9.17, 15) is 4.79 Å². The first-order valence-corrected chi connectivity index (χ1v) is 10.4. The Morgan fingerprint density at radius 1 is 1.34 bits per heavy atom. The molecule has 10 heteroatoms. The summed E-state index contributed by atoms with van der Waals surface area (Å²) in [5.74, 6) is 0.743. The van der Waals surface area contributed by atoms with E-state index in [2.05, 4.69) is 19.9 Å². The first-order valence-electron chi connectivity index (χ1n) is 9.98. The van der Waals surface area contributed by atoms with Crippen molar-refractivity contribution in [2.45, 2.75) is 26.8 Å². The number of halogens is 1. The van der Waals surface area contributed by atoms with E-state index in [0.29, 0.717) is 34.8 Å². The Balaban J connectivity index is 1.79. The van der Waals surface area contributed by atoms with Crippen LogP contribution in [0.3, 0.4) is 0 Å². The number of amides is 1. The summed E-state index contributed by atoms with van der Waals surface area (Å²) in [6.07, 6.45) is 5.70. The monoisotopic (exact) mass is 454 g/mol. The molecule has 1 aliphatic heterocycles. The van der Waals surface area contributed by atoms with E-state index in [0.717, 1.165) is 22.4 Å². The van der Waals surface area contributed by atoms with Gasteiger partial charge in [-0.05, 0) is 38.0 Å². The molecule has 0 saturated carbocycles. The fraction of sp³-hybridized carbons (Fsp3) is 0.273. The van der Waals surface area contributed by atoms with Crippen LogP contribution in [0, 0.1) is 13.8 Å². The highest BCUT2D eigenvalue weighted by Crippen LogP contribution is 2.41. The van der Waals surface area contributed by atoms with Crippen LogP contribution < -0.4 is 15.4 Å². The van der Waals surface area contributed by atoms with Crippen molar-refractivity contribution in [2.75, 3.05) is 24.4 Å². The highest BCUT2D eigenvalue weighted by Gasteiger charge is 2.37. The molecule has 0 atom stereocenters. The van der Waals surface area contributed by atoms with Crippen LogP contribution in [0.5, 0.6) is 5.75 Å². The van der Waals surface area contributed by atoms with Gasteiger partial charge in [0.05, 0.1) is 30.5 Å². The van der Waals surface area contributed by atoms with Crippen molar-refractivity contribution in [1.29, 1.82) is 0 Å². The Labute approximate surface area is 189 Å². The summed E-state index contributed by atoms with van der Waals surface area (Å²) in [7, 11) is 1.60. The Kier molecular flexibility index (Phi) is 5.86. The number of carbonyl (C=O) groups excluding carboxylic acids is 1. The van der Waals surface area contributed by atoms with Crippen LogP contribution in [0.2, 0.25) is 5.15 Å². The van der Waals surface area contributed by atoms with Crippen LogP contribution in [0.15, 0.2) is 18.5 Å². The normalized spacial score (nSPS) is 14.3. The van der Waals surface area contributed by atoms with E-state index in [4.69, 9.17) is 27.2 Å². The lowest BCUT2D eigenvalue weighted by Gasteiger charge is -2.19. The van der Waals surface area contributed by atoms with E-state index in [-0.39, 0.29) is 30.2 Å². The number of rotatable bonds is 6. The van der Waals surface area contributed by atoms with Crippen molar-refractivity contribution in [2.24, 2.45) is 0 Å². The topological polar surface area (TPSA) is 130 Å². The van der Waals surface area contributed by atoms with E-state index < -0.39 is 0 Å². The molecule has 0 radical (unpaired) electrons. The number of aromatic nitrogens is 4. The van der Waals surface area contributed by atoms with Crippen molar-refractivity contribution in [3.8, 4) is 5.75 Å². The summed E-state index contributed by atoms with van der Waals surface area (Å²) < 4.78 is 5.49. The lowest BCUT2D eigenvalue weighted by molar-refractivity contribution is -0.113. The van der Waals surface area contributed by atoms with E-state index >= 15 is 0 Å². The Morgan fingerprint density at radius 2 is 2.12 bits per heavy atom. The molecule has 0 aliphatic carbocycles. The number of aliphatic hydroxyl groups excluding tert-OH is 1. The molecule has 0 spiro atoms. The molecule has 1 amide bonds. The number of methoxy groups -OCH3 is 1. The fourth-order valence-corrected chi connectivity index (χ4v) is 4.12. The molecule has 4 rings (SSSR count). The van der Waals surface area contributed by atoms with Crippen molar-refractivity contribution in [3.05, 3.63) is 57.3 Å². The second-order valence-electron chi connectivity index (χ2n) is 7.50. The predicted molar refractivity (Wildman–Crippen MR) is 122 cm³/mol. The average molecular weight is 455 g/mol. The van der Waals surface area contributed by atoms with Gasteiger partial charge < -0.3 is 20.6 Å². The fourth-order valence-electron chi connectivity index (χ4n) is 3.85. The third kappa shape index (κ3) is 3.80. The number of fused-ring (bicyclic) bond motifs is 1. The molecule has 4 heterocycles. The number of aromatic amines is 1. The largest absolute Gasteiger partial charge is 0.496 e. The minimum absolute atomic E-state index is 0.0240. The SMILES string of the molecule is COc1c(C)cnc(CN2C(=O)/C(=C\c3cc(CCO)c[nH]3)c3c(Cl)nc(N)nc32)c1C. The van der Waals surface area contributed by atoms with E-state index in [1.165, 1.54) is 4.90 Å². The zero-order valence-corrected chi connectivity index (χ0v) is 18.7. The smallest absolute Gasteiger partial charge is 0.260 e. The standard InChI is InChI=1S/C22H23ClN6O3/c1-11-8-26-16(12(2)18(11)32-3)10-29-20-17(19(23)27-22(24)28-20)15(21(29)31)7-14-6-13(4-5-30)9-25-14/h6-9,25,30H,4-5,10H2,1-3H3,(H2,24,27,28)/b15-7-. The Bertz CT molecular complexity index is 1240. The van der Waals surface area contributed by atoms with Crippen LogP contribution in [-0.2, 0) is 17.8 Å². The highest BCUT2D eigenvalue weighted by atomic mass is 35.5. The second-order valence-corrected chi connectivity index (χ2v) is 7.86. The second kappa shape index (κ2) is 8.60. The summed E-state index contributed by atoms with van der Waals surface area (Å²) >= 11 is 6.39. The lowest BCUT2D eigenvalue weighted by Crippen LogP contribution is -2.27. The molecule has 0 aromatic carbocycles. The minimum atomic E-state index is -0.291. The number of carbonyl (C=O) groups is 1. The van der Waals surface area contributed by atoms with Gasteiger partial charge in [-0.1, -0.05) is 11.6 Å². The van der Waals surface area contributed by atoms with Gasteiger partial charge in [-0.2, -0.15) is 4.98 Å². The molecule has 1 aliphatic rings. The number of aliphatic hydroxyl groups is 1. The molecule has 0 unspecified atom stereocenters. The van der Waals surface area contributed by atoms with Gasteiger partial charge in [0, 0.05) is 35.8 Å². The molecule has 32 heavy (non-hydrogen) atoms. The zero-order chi connectivity index (χ0) is 23.0. The maximum atomic E-state index is 13.5. The highest BCUT2D eigenvalue weighted by molar-refractivity contribution is 6.41. The maximum Gasteiger partial charge on any atom is 0.260 e. The Morgan fingerprint density at radius 3 is 2.84 bits per heavy atom. The first-order chi connectivity index (χ1) is 15.3. The van der Waals surface area contributed by atoms with Gasteiger partial charge in [0.1, 0.15) is 10.9 Å². The lowest BCUT2D eigenvalue weighted by atomic mass is 10.1. The van der Waals surface area contributed by atoms with Gasteiger partial charge in [-0.3, -0.25) is 14.7 Å².